The van der Waals surface area contributed by atoms with Gasteiger partial charge in [0.25, 0.3) is 0 Å². The molecule has 0 bridgehead atoms. The number of nitrogens with one attached hydrogen (secondary N) is 1. The van der Waals surface area contributed by atoms with Crippen molar-refractivity contribution >= 4 is 23.4 Å². The SMILES string of the molecule is COCCOc1ccc(F)cc1NC(=O)CCSc1ccccc1F. The van der Waals surface area contributed by atoms with Gasteiger partial charge in [0.2, 0.25) is 5.91 Å². The van der Waals surface area contributed by atoms with Gasteiger partial charge in [-0.25, -0.2) is 8.78 Å². The first-order valence-electron chi connectivity index (χ1n) is 7.68. The van der Waals surface area contributed by atoms with Crippen molar-refractivity contribution in [1.82, 2.24) is 0 Å². The van der Waals surface area contributed by atoms with Crippen LogP contribution < -0.4 is 10.1 Å². The maximum Gasteiger partial charge on any atom is 0.225 e. The summed E-state index contributed by atoms with van der Waals surface area (Å²) >= 11 is 1.25. The van der Waals surface area contributed by atoms with Gasteiger partial charge in [-0.15, -0.1) is 11.8 Å². The quantitative estimate of drug-likeness (QED) is 0.535. The van der Waals surface area contributed by atoms with E-state index < -0.39 is 5.82 Å². The van der Waals surface area contributed by atoms with E-state index in [1.54, 1.807) is 25.3 Å². The summed E-state index contributed by atoms with van der Waals surface area (Å²) in [5, 5.41) is 2.63. The van der Waals surface area contributed by atoms with Crippen LogP contribution in [-0.4, -0.2) is 32.0 Å². The molecular weight excluding hydrogens is 348 g/mol. The third-order valence-corrected chi connectivity index (χ3v) is 4.23. The lowest BCUT2D eigenvalue weighted by Gasteiger charge is -2.12. The minimum Gasteiger partial charge on any atom is -0.489 e. The normalized spacial score (nSPS) is 10.5. The lowest BCUT2D eigenvalue weighted by molar-refractivity contribution is -0.115. The van der Waals surface area contributed by atoms with E-state index in [-0.39, 0.29) is 30.4 Å². The summed E-state index contributed by atoms with van der Waals surface area (Å²) in [6.45, 7) is 0.665. The summed E-state index contributed by atoms with van der Waals surface area (Å²) in [4.78, 5) is 12.6. The van der Waals surface area contributed by atoms with Crippen molar-refractivity contribution in [2.24, 2.45) is 0 Å². The highest BCUT2D eigenvalue weighted by Gasteiger charge is 2.10. The summed E-state index contributed by atoms with van der Waals surface area (Å²) in [7, 11) is 1.55. The van der Waals surface area contributed by atoms with Crippen LogP contribution in [0.4, 0.5) is 14.5 Å². The molecule has 0 saturated carbocycles. The van der Waals surface area contributed by atoms with Crippen LogP contribution in [0.15, 0.2) is 47.4 Å². The summed E-state index contributed by atoms with van der Waals surface area (Å²) in [5.74, 6) is -0.316. The molecule has 0 heterocycles. The average Bonchev–Trinajstić information content (AvgIpc) is 2.59. The number of carbonyl (C=O) groups is 1. The topological polar surface area (TPSA) is 47.6 Å². The number of ether oxygens (including phenoxy) is 2. The largest absolute Gasteiger partial charge is 0.489 e. The molecule has 0 atom stereocenters. The number of amides is 1. The van der Waals surface area contributed by atoms with Crippen molar-refractivity contribution in [1.29, 1.82) is 0 Å². The van der Waals surface area contributed by atoms with Gasteiger partial charge in [-0.3, -0.25) is 4.79 Å². The molecule has 0 aromatic heterocycles. The van der Waals surface area contributed by atoms with Crippen LogP contribution in [0, 0.1) is 11.6 Å². The van der Waals surface area contributed by atoms with Crippen LogP contribution >= 0.6 is 11.8 Å². The van der Waals surface area contributed by atoms with Gasteiger partial charge < -0.3 is 14.8 Å². The van der Waals surface area contributed by atoms with Crippen LogP contribution in [0.1, 0.15) is 6.42 Å². The number of methoxy groups -OCH3 is 1. The Morgan fingerprint density at radius 3 is 2.72 bits per heavy atom. The van der Waals surface area contributed by atoms with Crippen molar-refractivity contribution < 1.29 is 23.0 Å². The van der Waals surface area contributed by atoms with E-state index >= 15 is 0 Å². The third kappa shape index (κ3) is 6.36. The first-order chi connectivity index (χ1) is 12.1. The molecule has 0 aliphatic carbocycles. The van der Waals surface area contributed by atoms with Crippen LogP contribution in [0.25, 0.3) is 0 Å². The molecule has 2 rings (SSSR count). The van der Waals surface area contributed by atoms with E-state index in [9.17, 15) is 13.6 Å². The summed E-state index contributed by atoms with van der Waals surface area (Å²) < 4.78 is 37.3. The molecule has 0 spiro atoms. The number of rotatable bonds is 9. The van der Waals surface area contributed by atoms with Crippen LogP contribution in [-0.2, 0) is 9.53 Å². The molecule has 25 heavy (non-hydrogen) atoms. The van der Waals surface area contributed by atoms with Gasteiger partial charge in [0, 0.05) is 30.2 Å². The molecule has 2 aromatic carbocycles. The molecule has 0 aliphatic heterocycles. The summed E-state index contributed by atoms with van der Waals surface area (Å²) in [6, 6.07) is 10.3. The highest BCUT2D eigenvalue weighted by atomic mass is 32.2. The van der Waals surface area contributed by atoms with E-state index in [2.05, 4.69) is 5.32 Å². The van der Waals surface area contributed by atoms with Gasteiger partial charge in [0.15, 0.2) is 0 Å². The second-order valence-electron chi connectivity index (χ2n) is 5.06. The van der Waals surface area contributed by atoms with E-state index in [0.29, 0.717) is 23.0 Å². The van der Waals surface area contributed by atoms with Gasteiger partial charge in [-0.1, -0.05) is 12.1 Å². The van der Waals surface area contributed by atoms with Gasteiger partial charge in [-0.05, 0) is 24.3 Å². The molecule has 0 aliphatic rings. The Labute approximate surface area is 149 Å². The Morgan fingerprint density at radius 1 is 1.16 bits per heavy atom. The minimum absolute atomic E-state index is 0.160. The zero-order chi connectivity index (χ0) is 18.1. The first kappa shape index (κ1) is 19.2. The Hall–Kier alpha value is -2.12. The maximum absolute atomic E-state index is 13.5. The maximum atomic E-state index is 13.5. The van der Waals surface area contributed by atoms with Crippen LogP contribution in [0.5, 0.6) is 5.75 Å². The standard InChI is InChI=1S/C18H19F2NO3S/c1-23-9-10-24-16-7-6-13(19)12-15(16)21-18(22)8-11-25-17-5-3-2-4-14(17)20/h2-7,12H,8-11H2,1H3,(H,21,22). The summed E-state index contributed by atoms with van der Waals surface area (Å²) in [6.07, 6.45) is 0.160. The minimum atomic E-state index is -0.477. The van der Waals surface area contributed by atoms with E-state index in [1.165, 1.54) is 36.0 Å². The zero-order valence-corrected chi connectivity index (χ0v) is 14.6. The molecule has 1 N–H and O–H groups in total. The fraction of sp³-hybridized carbons (Fsp3) is 0.278. The molecule has 2 aromatic rings. The number of thioether (sulfide) groups is 1. The zero-order valence-electron chi connectivity index (χ0n) is 13.8. The fourth-order valence-electron chi connectivity index (χ4n) is 1.99. The predicted octanol–water partition coefficient (Wildman–Crippen LogP) is 4.11. The first-order valence-corrected chi connectivity index (χ1v) is 8.67. The molecule has 134 valence electrons. The van der Waals surface area contributed by atoms with Crippen molar-refractivity contribution in [2.45, 2.75) is 11.3 Å². The van der Waals surface area contributed by atoms with Gasteiger partial charge in [0.05, 0.1) is 12.3 Å². The molecule has 1 amide bonds. The number of carbonyl (C=O) groups excluding carboxylic acids is 1. The smallest absolute Gasteiger partial charge is 0.225 e. The fourth-order valence-corrected chi connectivity index (χ4v) is 2.88. The molecule has 0 unspecified atom stereocenters. The van der Waals surface area contributed by atoms with E-state index in [0.717, 1.165) is 0 Å². The molecule has 4 nitrogen and oxygen atoms in total. The second-order valence-corrected chi connectivity index (χ2v) is 6.20. The van der Waals surface area contributed by atoms with Crippen LogP contribution in [0.3, 0.4) is 0 Å². The van der Waals surface area contributed by atoms with Gasteiger partial charge in [0.1, 0.15) is 24.0 Å². The molecule has 7 heteroatoms. The highest BCUT2D eigenvalue weighted by molar-refractivity contribution is 7.99. The van der Waals surface area contributed by atoms with Gasteiger partial charge >= 0.3 is 0 Å². The van der Waals surface area contributed by atoms with Gasteiger partial charge in [-0.2, -0.15) is 0 Å². The van der Waals surface area contributed by atoms with Crippen molar-refractivity contribution in [3.63, 3.8) is 0 Å². The number of anilines is 1. The summed E-state index contributed by atoms with van der Waals surface area (Å²) in [5.41, 5.74) is 0.261. The Morgan fingerprint density at radius 2 is 1.96 bits per heavy atom. The predicted molar refractivity (Wildman–Crippen MR) is 94.1 cm³/mol. The molecule has 0 fully saturated rings. The lowest BCUT2D eigenvalue weighted by atomic mass is 10.2. The average molecular weight is 367 g/mol. The Balaban J connectivity index is 1.89. The van der Waals surface area contributed by atoms with Crippen LogP contribution in [0.2, 0.25) is 0 Å². The highest BCUT2D eigenvalue weighted by Crippen LogP contribution is 2.26. The number of benzene rings is 2. The van der Waals surface area contributed by atoms with Crippen molar-refractivity contribution in [3.05, 3.63) is 54.1 Å². The number of hydrogen-bond acceptors (Lipinski definition) is 4. The van der Waals surface area contributed by atoms with E-state index in [4.69, 9.17) is 9.47 Å². The third-order valence-electron chi connectivity index (χ3n) is 3.18. The van der Waals surface area contributed by atoms with E-state index in [1.807, 2.05) is 0 Å². The monoisotopic (exact) mass is 367 g/mol. The van der Waals surface area contributed by atoms with Crippen molar-refractivity contribution in [2.75, 3.05) is 31.4 Å². The Bertz CT molecular complexity index is 712. The number of halogens is 2. The number of hydrogen-bond donors (Lipinski definition) is 1. The molecule has 0 saturated heterocycles. The second kappa shape index (κ2) is 10.0. The molecular formula is C18H19F2NO3S. The molecule has 0 radical (unpaired) electrons. The van der Waals surface area contributed by atoms with Crippen molar-refractivity contribution in [3.8, 4) is 5.75 Å². The lowest BCUT2D eigenvalue weighted by Crippen LogP contribution is -2.14. The Kier molecular flexibility index (Phi) is 7.69.